The Kier molecular flexibility index (Phi) is 3.64. The Morgan fingerprint density at radius 1 is 1.64 bits per heavy atom. The maximum Gasteiger partial charge on any atom is 0.0613 e. The minimum absolute atomic E-state index is 0.529. The molecule has 1 nitrogen and oxygen atoms in total. The van der Waals surface area contributed by atoms with Crippen LogP contribution in [0.5, 0.6) is 0 Å². The fourth-order valence-corrected chi connectivity index (χ4v) is 1.56. The molecular weight excluding hydrogens is 136 g/mol. The Morgan fingerprint density at radius 2 is 2.45 bits per heavy atom. The first kappa shape index (κ1) is 8.79. The number of hydrogen-bond donors (Lipinski definition) is 0. The molecule has 1 fully saturated rings. The lowest BCUT2D eigenvalue weighted by Gasteiger charge is -2.10. The fraction of sp³-hybridized carbons (Fsp3) is 0.800. The van der Waals surface area contributed by atoms with E-state index in [1.54, 1.807) is 0 Å². The highest BCUT2D eigenvalue weighted by Crippen LogP contribution is 2.20. The Hall–Kier alpha value is -0.300. The minimum Gasteiger partial charge on any atom is -0.378 e. The van der Waals surface area contributed by atoms with E-state index in [-0.39, 0.29) is 0 Å². The van der Waals surface area contributed by atoms with Gasteiger partial charge in [0.1, 0.15) is 0 Å². The molecule has 1 saturated heterocycles. The highest BCUT2D eigenvalue weighted by Gasteiger charge is 2.15. The van der Waals surface area contributed by atoms with Crippen LogP contribution in [0.3, 0.4) is 0 Å². The smallest absolute Gasteiger partial charge is 0.0613 e. The van der Waals surface area contributed by atoms with Crippen LogP contribution in [0.1, 0.15) is 39.5 Å². The largest absolute Gasteiger partial charge is 0.378 e. The first-order valence-corrected chi connectivity index (χ1v) is 4.62. The zero-order valence-electron chi connectivity index (χ0n) is 7.60. The van der Waals surface area contributed by atoms with Crippen LogP contribution in [0, 0.1) is 0 Å². The molecule has 0 aliphatic carbocycles. The van der Waals surface area contributed by atoms with E-state index in [9.17, 15) is 0 Å². The van der Waals surface area contributed by atoms with E-state index in [1.165, 1.54) is 24.8 Å². The van der Waals surface area contributed by atoms with E-state index in [4.69, 9.17) is 4.74 Å². The zero-order chi connectivity index (χ0) is 8.10. The standard InChI is InChI=1S/C10H18O/c1-3-9(4-2)8-10-6-5-7-11-10/h3,10H,4-8H2,1-2H3. The molecular formula is C10H18O. The second-order valence-corrected chi connectivity index (χ2v) is 3.14. The van der Waals surface area contributed by atoms with Gasteiger partial charge in [0.15, 0.2) is 0 Å². The molecule has 0 amide bonds. The van der Waals surface area contributed by atoms with Crippen LogP contribution in [-0.4, -0.2) is 12.7 Å². The van der Waals surface area contributed by atoms with Gasteiger partial charge in [-0.1, -0.05) is 18.6 Å². The molecule has 0 N–H and O–H groups in total. The van der Waals surface area contributed by atoms with Crippen molar-refractivity contribution in [1.29, 1.82) is 0 Å². The second-order valence-electron chi connectivity index (χ2n) is 3.14. The molecule has 0 spiro atoms. The van der Waals surface area contributed by atoms with Gasteiger partial charge in [0, 0.05) is 6.61 Å². The van der Waals surface area contributed by atoms with E-state index >= 15 is 0 Å². The summed E-state index contributed by atoms with van der Waals surface area (Å²) in [6, 6.07) is 0. The molecule has 1 unspecified atom stereocenters. The van der Waals surface area contributed by atoms with Crippen LogP contribution >= 0.6 is 0 Å². The van der Waals surface area contributed by atoms with Gasteiger partial charge in [-0.3, -0.25) is 0 Å². The number of hydrogen-bond acceptors (Lipinski definition) is 1. The van der Waals surface area contributed by atoms with Gasteiger partial charge in [-0.2, -0.15) is 0 Å². The summed E-state index contributed by atoms with van der Waals surface area (Å²) in [5.74, 6) is 0. The maximum absolute atomic E-state index is 5.55. The third-order valence-electron chi connectivity index (χ3n) is 2.38. The molecule has 0 bridgehead atoms. The summed E-state index contributed by atoms with van der Waals surface area (Å²) >= 11 is 0. The van der Waals surface area contributed by atoms with E-state index < -0.39 is 0 Å². The summed E-state index contributed by atoms with van der Waals surface area (Å²) in [5, 5.41) is 0. The maximum atomic E-state index is 5.55. The predicted octanol–water partition coefficient (Wildman–Crippen LogP) is 2.91. The normalized spacial score (nSPS) is 26.0. The van der Waals surface area contributed by atoms with Gasteiger partial charge in [-0.25, -0.2) is 0 Å². The van der Waals surface area contributed by atoms with Gasteiger partial charge in [0.25, 0.3) is 0 Å². The minimum atomic E-state index is 0.529. The highest BCUT2D eigenvalue weighted by molar-refractivity contribution is 5.01. The van der Waals surface area contributed by atoms with Gasteiger partial charge >= 0.3 is 0 Å². The molecule has 1 aliphatic heterocycles. The quantitative estimate of drug-likeness (QED) is 0.568. The third kappa shape index (κ3) is 2.66. The molecule has 0 saturated carbocycles. The molecule has 1 aliphatic rings. The van der Waals surface area contributed by atoms with Crippen molar-refractivity contribution < 1.29 is 4.74 Å². The Balaban J connectivity index is 2.27. The lowest BCUT2D eigenvalue weighted by molar-refractivity contribution is 0.111. The van der Waals surface area contributed by atoms with Crippen molar-refractivity contribution >= 4 is 0 Å². The van der Waals surface area contributed by atoms with E-state index in [0.717, 1.165) is 13.0 Å². The van der Waals surface area contributed by atoms with Crippen LogP contribution in [0.2, 0.25) is 0 Å². The molecule has 1 heteroatoms. The van der Waals surface area contributed by atoms with Gasteiger partial charge in [0.2, 0.25) is 0 Å². The summed E-state index contributed by atoms with van der Waals surface area (Å²) in [4.78, 5) is 0. The van der Waals surface area contributed by atoms with Crippen molar-refractivity contribution in [2.75, 3.05) is 6.61 Å². The monoisotopic (exact) mass is 154 g/mol. The van der Waals surface area contributed by atoms with E-state index in [0.29, 0.717) is 6.10 Å². The second kappa shape index (κ2) is 4.55. The number of ether oxygens (including phenoxy) is 1. The molecule has 64 valence electrons. The van der Waals surface area contributed by atoms with Crippen molar-refractivity contribution in [1.82, 2.24) is 0 Å². The van der Waals surface area contributed by atoms with E-state index in [1.807, 2.05) is 0 Å². The first-order chi connectivity index (χ1) is 5.36. The molecule has 0 aromatic rings. The Morgan fingerprint density at radius 3 is 2.91 bits per heavy atom. The number of allylic oxidation sites excluding steroid dienone is 1. The molecule has 0 radical (unpaired) electrons. The van der Waals surface area contributed by atoms with Crippen LogP contribution in [0.4, 0.5) is 0 Å². The fourth-order valence-electron chi connectivity index (χ4n) is 1.56. The Labute approximate surface area is 69.4 Å². The molecule has 1 atom stereocenters. The Bertz CT molecular complexity index is 132. The molecule has 1 heterocycles. The highest BCUT2D eigenvalue weighted by atomic mass is 16.5. The van der Waals surface area contributed by atoms with E-state index in [2.05, 4.69) is 19.9 Å². The van der Waals surface area contributed by atoms with Crippen molar-refractivity contribution in [2.24, 2.45) is 0 Å². The summed E-state index contributed by atoms with van der Waals surface area (Å²) in [6.45, 7) is 5.31. The van der Waals surface area contributed by atoms with Crippen LogP contribution in [0.25, 0.3) is 0 Å². The topological polar surface area (TPSA) is 9.23 Å². The van der Waals surface area contributed by atoms with Crippen LogP contribution < -0.4 is 0 Å². The average Bonchev–Trinajstić information content (AvgIpc) is 2.52. The molecule has 0 aromatic carbocycles. The van der Waals surface area contributed by atoms with Gasteiger partial charge in [0.05, 0.1) is 6.10 Å². The van der Waals surface area contributed by atoms with Gasteiger partial charge in [-0.05, 0) is 32.6 Å². The molecule has 0 aromatic heterocycles. The average molecular weight is 154 g/mol. The lowest BCUT2D eigenvalue weighted by atomic mass is 10.0. The SMILES string of the molecule is CC=C(CC)CC1CCCO1. The molecule has 1 rings (SSSR count). The van der Waals surface area contributed by atoms with Crippen LogP contribution in [0.15, 0.2) is 11.6 Å². The lowest BCUT2D eigenvalue weighted by Crippen LogP contribution is -2.05. The van der Waals surface area contributed by atoms with Crippen molar-refractivity contribution in [2.45, 2.75) is 45.6 Å². The summed E-state index contributed by atoms with van der Waals surface area (Å²) in [7, 11) is 0. The van der Waals surface area contributed by atoms with Gasteiger partial charge < -0.3 is 4.74 Å². The summed E-state index contributed by atoms with van der Waals surface area (Å²) < 4.78 is 5.55. The summed E-state index contributed by atoms with van der Waals surface area (Å²) in [5.41, 5.74) is 1.54. The van der Waals surface area contributed by atoms with Crippen molar-refractivity contribution in [3.05, 3.63) is 11.6 Å². The zero-order valence-corrected chi connectivity index (χ0v) is 7.60. The van der Waals surface area contributed by atoms with Crippen LogP contribution in [-0.2, 0) is 4.74 Å². The van der Waals surface area contributed by atoms with Crippen molar-refractivity contribution in [3.63, 3.8) is 0 Å². The first-order valence-electron chi connectivity index (χ1n) is 4.62. The summed E-state index contributed by atoms with van der Waals surface area (Å²) in [6.07, 6.45) is 7.61. The van der Waals surface area contributed by atoms with Crippen molar-refractivity contribution in [3.8, 4) is 0 Å². The van der Waals surface area contributed by atoms with Gasteiger partial charge in [-0.15, -0.1) is 0 Å². The predicted molar refractivity (Wildman–Crippen MR) is 47.6 cm³/mol. The number of rotatable bonds is 3. The third-order valence-corrected chi connectivity index (χ3v) is 2.38. The molecule has 11 heavy (non-hydrogen) atoms.